The lowest BCUT2D eigenvalue weighted by Crippen LogP contribution is -2.32. The lowest BCUT2D eigenvalue weighted by Gasteiger charge is -2.28. The van der Waals surface area contributed by atoms with Crippen molar-refractivity contribution in [2.75, 3.05) is 47.1 Å². The van der Waals surface area contributed by atoms with Crippen molar-refractivity contribution in [1.29, 1.82) is 0 Å². The summed E-state index contributed by atoms with van der Waals surface area (Å²) in [5.74, 6) is 0.771. The summed E-state index contributed by atoms with van der Waals surface area (Å²) in [6.45, 7) is 4.81. The van der Waals surface area contributed by atoms with Crippen LogP contribution in [0.25, 0.3) is 0 Å². The molecule has 0 atom stereocenters. The molecule has 1 rings (SSSR count). The summed E-state index contributed by atoms with van der Waals surface area (Å²) in [6, 6.07) is 0. The Hall–Kier alpha value is -0.120. The number of hydrogen-bond donors (Lipinski definition) is 0. The number of ether oxygens (including phenoxy) is 2. The van der Waals surface area contributed by atoms with Crippen molar-refractivity contribution < 1.29 is 9.47 Å². The van der Waals surface area contributed by atoms with Gasteiger partial charge in [-0.1, -0.05) is 0 Å². The molecule has 0 unspecified atom stereocenters. The third-order valence-corrected chi connectivity index (χ3v) is 2.62. The van der Waals surface area contributed by atoms with Gasteiger partial charge in [0.15, 0.2) is 0 Å². The van der Waals surface area contributed by atoms with Crippen LogP contribution in [-0.4, -0.2) is 52.0 Å². The van der Waals surface area contributed by atoms with Crippen LogP contribution in [0.5, 0.6) is 0 Å². The highest BCUT2D eigenvalue weighted by Crippen LogP contribution is 2.15. The fraction of sp³-hybridized carbons (Fsp3) is 1.00. The molecular weight excluding hydrogens is 166 g/mol. The molecule has 0 saturated carbocycles. The summed E-state index contributed by atoms with van der Waals surface area (Å²) in [5, 5.41) is 0. The number of hydrogen-bond acceptors (Lipinski definition) is 3. The first kappa shape index (κ1) is 11.0. The number of nitrogens with zero attached hydrogens (tertiary/aromatic N) is 1. The third kappa shape index (κ3) is 4.60. The van der Waals surface area contributed by atoms with E-state index in [2.05, 4.69) is 11.9 Å². The zero-order chi connectivity index (χ0) is 9.52. The molecule has 1 saturated heterocycles. The van der Waals surface area contributed by atoms with Gasteiger partial charge in [0.05, 0.1) is 13.2 Å². The normalized spacial score (nSPS) is 20.8. The summed E-state index contributed by atoms with van der Waals surface area (Å²) in [5.41, 5.74) is 0. The highest BCUT2D eigenvalue weighted by molar-refractivity contribution is 4.69. The van der Waals surface area contributed by atoms with Gasteiger partial charge in [0.1, 0.15) is 0 Å². The van der Waals surface area contributed by atoms with E-state index in [1.807, 2.05) is 0 Å². The summed E-state index contributed by atoms with van der Waals surface area (Å²) >= 11 is 0. The molecule has 0 aromatic heterocycles. The molecule has 1 aliphatic rings. The van der Waals surface area contributed by atoms with Crippen LogP contribution in [0.2, 0.25) is 0 Å². The zero-order valence-corrected chi connectivity index (χ0v) is 8.79. The fourth-order valence-corrected chi connectivity index (χ4v) is 1.62. The third-order valence-electron chi connectivity index (χ3n) is 2.62. The highest BCUT2D eigenvalue weighted by atomic mass is 16.5. The molecule has 0 aromatic rings. The van der Waals surface area contributed by atoms with E-state index in [9.17, 15) is 0 Å². The van der Waals surface area contributed by atoms with E-state index < -0.39 is 0 Å². The van der Waals surface area contributed by atoms with Crippen molar-refractivity contribution in [3.63, 3.8) is 0 Å². The minimum absolute atomic E-state index is 0.715. The number of piperidine rings is 1. The Morgan fingerprint density at radius 3 is 2.54 bits per heavy atom. The maximum absolute atomic E-state index is 5.51. The van der Waals surface area contributed by atoms with E-state index in [0.717, 1.165) is 19.1 Å². The maximum atomic E-state index is 5.51. The summed E-state index contributed by atoms with van der Waals surface area (Å²) in [6.07, 6.45) is 2.56. The second-order valence-corrected chi connectivity index (χ2v) is 3.81. The van der Waals surface area contributed by atoms with Gasteiger partial charge in [-0.25, -0.2) is 0 Å². The largest absolute Gasteiger partial charge is 0.382 e. The second-order valence-electron chi connectivity index (χ2n) is 3.81. The van der Waals surface area contributed by atoms with Gasteiger partial charge in [0, 0.05) is 13.7 Å². The molecule has 1 heterocycles. The Kier molecular flexibility index (Phi) is 5.35. The Bertz CT molecular complexity index is 122. The van der Waals surface area contributed by atoms with E-state index in [-0.39, 0.29) is 0 Å². The fourth-order valence-electron chi connectivity index (χ4n) is 1.62. The lowest BCUT2D eigenvalue weighted by molar-refractivity contribution is 0.0374. The number of rotatable bonds is 5. The molecule has 0 spiro atoms. The van der Waals surface area contributed by atoms with Crippen LogP contribution in [-0.2, 0) is 9.47 Å². The van der Waals surface area contributed by atoms with Crippen molar-refractivity contribution in [2.24, 2.45) is 5.92 Å². The first-order chi connectivity index (χ1) is 6.33. The minimum atomic E-state index is 0.715. The highest BCUT2D eigenvalue weighted by Gasteiger charge is 2.16. The predicted octanol–water partition coefficient (Wildman–Crippen LogP) is 0.991. The van der Waals surface area contributed by atoms with Crippen LogP contribution in [0.4, 0.5) is 0 Å². The molecule has 0 amide bonds. The van der Waals surface area contributed by atoms with Gasteiger partial charge in [-0.05, 0) is 38.9 Å². The van der Waals surface area contributed by atoms with Gasteiger partial charge in [-0.2, -0.15) is 0 Å². The van der Waals surface area contributed by atoms with E-state index in [1.165, 1.54) is 25.9 Å². The quantitative estimate of drug-likeness (QED) is 0.599. The first-order valence-corrected chi connectivity index (χ1v) is 5.08. The zero-order valence-electron chi connectivity index (χ0n) is 8.79. The van der Waals surface area contributed by atoms with Crippen molar-refractivity contribution in [3.05, 3.63) is 0 Å². The van der Waals surface area contributed by atoms with Crippen molar-refractivity contribution >= 4 is 0 Å². The Balaban J connectivity index is 1.96. The SMILES string of the molecule is COCCOCC1CCN(C)CC1. The van der Waals surface area contributed by atoms with Crippen LogP contribution in [0, 0.1) is 5.92 Å². The maximum Gasteiger partial charge on any atom is 0.0700 e. The lowest BCUT2D eigenvalue weighted by atomic mass is 9.98. The monoisotopic (exact) mass is 187 g/mol. The van der Waals surface area contributed by atoms with Crippen LogP contribution in [0.15, 0.2) is 0 Å². The molecule has 3 nitrogen and oxygen atoms in total. The Morgan fingerprint density at radius 1 is 1.23 bits per heavy atom. The van der Waals surface area contributed by atoms with Crippen LogP contribution < -0.4 is 0 Å². The van der Waals surface area contributed by atoms with Crippen molar-refractivity contribution in [1.82, 2.24) is 4.90 Å². The number of methoxy groups -OCH3 is 1. The van der Waals surface area contributed by atoms with Gasteiger partial charge in [-0.3, -0.25) is 0 Å². The smallest absolute Gasteiger partial charge is 0.0700 e. The predicted molar refractivity (Wildman–Crippen MR) is 52.9 cm³/mol. The van der Waals surface area contributed by atoms with E-state index in [4.69, 9.17) is 9.47 Å². The first-order valence-electron chi connectivity index (χ1n) is 5.08. The van der Waals surface area contributed by atoms with Crippen LogP contribution >= 0.6 is 0 Å². The summed E-state index contributed by atoms with van der Waals surface area (Å²) in [7, 11) is 3.89. The van der Waals surface area contributed by atoms with Gasteiger partial charge >= 0.3 is 0 Å². The van der Waals surface area contributed by atoms with Crippen molar-refractivity contribution in [3.8, 4) is 0 Å². The molecule has 0 bridgehead atoms. The molecule has 13 heavy (non-hydrogen) atoms. The molecule has 78 valence electrons. The topological polar surface area (TPSA) is 21.7 Å². The molecule has 0 aliphatic carbocycles. The average molecular weight is 187 g/mol. The Morgan fingerprint density at radius 2 is 1.92 bits per heavy atom. The van der Waals surface area contributed by atoms with Gasteiger partial charge in [0.25, 0.3) is 0 Å². The summed E-state index contributed by atoms with van der Waals surface area (Å²) in [4.78, 5) is 2.38. The molecule has 0 N–H and O–H groups in total. The second kappa shape index (κ2) is 6.35. The Labute approximate surface area is 81.0 Å². The van der Waals surface area contributed by atoms with Gasteiger partial charge < -0.3 is 14.4 Å². The van der Waals surface area contributed by atoms with E-state index in [0.29, 0.717) is 6.61 Å². The van der Waals surface area contributed by atoms with Gasteiger partial charge in [0.2, 0.25) is 0 Å². The molecule has 0 radical (unpaired) electrons. The standard InChI is InChI=1S/C10H21NO2/c1-11-5-3-10(4-6-11)9-13-8-7-12-2/h10H,3-9H2,1-2H3. The van der Waals surface area contributed by atoms with E-state index >= 15 is 0 Å². The summed E-state index contributed by atoms with van der Waals surface area (Å²) < 4.78 is 10.4. The molecule has 3 heteroatoms. The number of likely N-dealkylation sites (tertiary alicyclic amines) is 1. The van der Waals surface area contributed by atoms with Crippen molar-refractivity contribution in [2.45, 2.75) is 12.8 Å². The molecule has 1 aliphatic heterocycles. The van der Waals surface area contributed by atoms with Crippen LogP contribution in [0.3, 0.4) is 0 Å². The minimum Gasteiger partial charge on any atom is -0.382 e. The van der Waals surface area contributed by atoms with Crippen LogP contribution in [0.1, 0.15) is 12.8 Å². The van der Waals surface area contributed by atoms with Gasteiger partial charge in [-0.15, -0.1) is 0 Å². The van der Waals surface area contributed by atoms with E-state index in [1.54, 1.807) is 7.11 Å². The molecule has 0 aromatic carbocycles. The molecular formula is C10H21NO2. The molecule has 1 fully saturated rings. The average Bonchev–Trinajstić information content (AvgIpc) is 2.15.